The molecule has 0 aromatic carbocycles. The highest BCUT2D eigenvalue weighted by Gasteiger charge is 2.38. The van der Waals surface area contributed by atoms with Crippen LogP contribution in [0.2, 0.25) is 0 Å². The highest BCUT2D eigenvalue weighted by molar-refractivity contribution is 7.59. The Morgan fingerprint density at radius 3 is 2.61 bits per heavy atom. The van der Waals surface area contributed by atoms with Gasteiger partial charge in [0.2, 0.25) is 7.44 Å². The number of imidazole rings is 1. The van der Waals surface area contributed by atoms with Gasteiger partial charge < -0.3 is 24.9 Å². The zero-order chi connectivity index (χ0) is 26.9. The van der Waals surface area contributed by atoms with Crippen molar-refractivity contribution in [2.45, 2.75) is 84.5 Å². The molecule has 0 bridgehead atoms. The number of unbranched alkanes of at least 4 members (excludes halogenated alkanes) is 3. The third kappa shape index (κ3) is 8.51. The smallest absolute Gasteiger partial charge is 0.323 e. The first kappa shape index (κ1) is 29.6. The van der Waals surface area contributed by atoms with Crippen LogP contribution in [0, 0.1) is 0 Å². The lowest BCUT2D eigenvalue weighted by atomic mass is 10.1. The van der Waals surface area contributed by atoms with E-state index in [0.717, 1.165) is 25.7 Å². The second-order valence-corrected chi connectivity index (χ2v) is 11.5. The molecule has 3 atom stereocenters. The van der Waals surface area contributed by atoms with Gasteiger partial charge in [-0.2, -0.15) is 0 Å². The summed E-state index contributed by atoms with van der Waals surface area (Å²) in [5.74, 6) is -1.52. The Balaban J connectivity index is 2.05. The fourth-order valence-electron chi connectivity index (χ4n) is 3.39. The minimum absolute atomic E-state index is 0.257. The maximum Gasteiger partial charge on any atom is 0.323 e. The van der Waals surface area contributed by atoms with Gasteiger partial charge in [0.15, 0.2) is 11.5 Å². The first-order chi connectivity index (χ1) is 16.9. The molecule has 0 aliphatic rings. The first-order valence-corrected chi connectivity index (χ1v) is 13.9. The number of nitrogen functional groups attached to an aromatic ring is 1. The predicted octanol–water partition coefficient (Wildman–Crippen LogP) is 2.52. The third-order valence-corrected chi connectivity index (χ3v) is 7.65. The van der Waals surface area contributed by atoms with Gasteiger partial charge in [-0.05, 0) is 34.1 Å². The molecule has 5 N–H and O–H groups in total. The monoisotopic (exact) mass is 527 g/mol. The molecule has 0 fully saturated rings. The minimum atomic E-state index is -3.73. The Morgan fingerprint density at radius 1 is 1.22 bits per heavy atom. The van der Waals surface area contributed by atoms with E-state index in [1.807, 2.05) is 0 Å². The number of carboxylic acids is 1. The van der Waals surface area contributed by atoms with E-state index in [1.165, 1.54) is 27.1 Å². The highest BCUT2D eigenvalue weighted by Crippen LogP contribution is 2.40. The van der Waals surface area contributed by atoms with E-state index in [4.69, 9.17) is 15.2 Å². The Bertz CT molecular complexity index is 1080. The molecule has 13 nitrogen and oxygen atoms in total. The number of anilines is 1. The molecular formula is C22H38N7O6P. The number of nitrogens with one attached hydrogen (secondary N) is 2. The first-order valence-electron chi connectivity index (χ1n) is 12.0. The zero-order valence-corrected chi connectivity index (χ0v) is 22.5. The summed E-state index contributed by atoms with van der Waals surface area (Å²) in [4.78, 5) is 36.4. The highest BCUT2D eigenvalue weighted by atomic mass is 31.2. The second-order valence-electron chi connectivity index (χ2n) is 9.30. The Hall–Kier alpha value is -2.60. The van der Waals surface area contributed by atoms with Crippen LogP contribution < -0.4 is 15.9 Å². The number of hydrogen-bond donors (Lipinski definition) is 4. The van der Waals surface area contributed by atoms with Gasteiger partial charge in [-0.25, -0.2) is 25.1 Å². The standard InChI is InChI=1S/C22H38N7O6P/c1-6-7-8-9-10-34-20(30)16(3)27-36(33,28-22(4,5)21(31)32)14-35-15(2)11-29-13-26-17-18(23)24-12-25-19(17)29/h12-13,15-16H,6-11,14H2,1-5H3,(H,31,32)(H2,23,24,25)(H2,27,28,33). The van der Waals surface area contributed by atoms with Crippen molar-refractivity contribution < 1.29 is 28.7 Å². The molecule has 202 valence electrons. The number of hydrogen-bond acceptors (Lipinski definition) is 9. The molecule has 0 saturated heterocycles. The number of carboxylic acid groups (broad SMARTS) is 1. The summed E-state index contributed by atoms with van der Waals surface area (Å²) in [6.07, 6.45) is 5.87. The lowest BCUT2D eigenvalue weighted by Gasteiger charge is -2.31. The number of nitrogens with two attached hydrogens (primary N) is 1. The minimum Gasteiger partial charge on any atom is -0.480 e. The summed E-state index contributed by atoms with van der Waals surface area (Å²) in [6.45, 7) is 8.70. The second kappa shape index (κ2) is 13.1. The van der Waals surface area contributed by atoms with Gasteiger partial charge >= 0.3 is 11.9 Å². The van der Waals surface area contributed by atoms with Crippen molar-refractivity contribution >= 4 is 36.4 Å². The molecule has 0 aliphatic heterocycles. The van der Waals surface area contributed by atoms with E-state index in [-0.39, 0.29) is 18.8 Å². The molecule has 3 unspecified atom stereocenters. The summed E-state index contributed by atoms with van der Waals surface area (Å²) in [7, 11) is -3.73. The van der Waals surface area contributed by atoms with Gasteiger partial charge in [-0.1, -0.05) is 26.2 Å². The fourth-order valence-corrected chi connectivity index (χ4v) is 5.79. The van der Waals surface area contributed by atoms with Gasteiger partial charge in [-0.3, -0.25) is 14.2 Å². The fraction of sp³-hybridized carbons (Fsp3) is 0.682. The third-order valence-electron chi connectivity index (χ3n) is 5.42. The van der Waals surface area contributed by atoms with Crippen LogP contribution in [0.15, 0.2) is 12.7 Å². The van der Waals surface area contributed by atoms with E-state index in [2.05, 4.69) is 32.1 Å². The van der Waals surface area contributed by atoms with Gasteiger partial charge in [0.1, 0.15) is 29.8 Å². The van der Waals surface area contributed by atoms with Crippen LogP contribution in [0.3, 0.4) is 0 Å². The van der Waals surface area contributed by atoms with Crippen molar-refractivity contribution in [1.82, 2.24) is 29.7 Å². The van der Waals surface area contributed by atoms with Crippen molar-refractivity contribution in [2.24, 2.45) is 0 Å². The molecule has 0 radical (unpaired) electrons. The van der Waals surface area contributed by atoms with Crippen LogP contribution in [0.5, 0.6) is 0 Å². The Kier molecular flexibility index (Phi) is 10.8. The number of aliphatic carboxylic acids is 1. The van der Waals surface area contributed by atoms with E-state index in [1.54, 1.807) is 17.8 Å². The normalized spacial score (nSPS) is 15.4. The van der Waals surface area contributed by atoms with Crippen LogP contribution in [-0.2, 0) is 30.2 Å². The van der Waals surface area contributed by atoms with Crippen molar-refractivity contribution in [1.29, 1.82) is 0 Å². The largest absolute Gasteiger partial charge is 0.480 e. The van der Waals surface area contributed by atoms with E-state index < -0.39 is 37.1 Å². The average Bonchev–Trinajstić information content (AvgIpc) is 3.21. The maximum absolute atomic E-state index is 13.8. The molecule has 0 aliphatic carbocycles. The van der Waals surface area contributed by atoms with Crippen LogP contribution in [0.25, 0.3) is 11.2 Å². The molecule has 14 heteroatoms. The van der Waals surface area contributed by atoms with Crippen molar-refractivity contribution in [3.8, 4) is 0 Å². The molecule has 2 aromatic heterocycles. The molecular weight excluding hydrogens is 489 g/mol. The van der Waals surface area contributed by atoms with Gasteiger partial charge in [0, 0.05) is 0 Å². The maximum atomic E-state index is 13.8. The predicted molar refractivity (Wildman–Crippen MR) is 135 cm³/mol. The topological polar surface area (TPSA) is 184 Å². The summed E-state index contributed by atoms with van der Waals surface area (Å²) in [5.41, 5.74) is 5.27. The van der Waals surface area contributed by atoms with E-state index in [0.29, 0.717) is 17.7 Å². The quantitative estimate of drug-likeness (QED) is 0.142. The number of esters is 1. The van der Waals surface area contributed by atoms with Crippen LogP contribution in [-0.4, -0.2) is 67.2 Å². The number of rotatable bonds is 16. The SMILES string of the molecule is CCCCCCOC(=O)C(C)NP(=O)(COC(C)Cn1cnc2c(N)ncnc21)NC(C)(C)C(=O)O. The lowest BCUT2D eigenvalue weighted by molar-refractivity contribution is -0.145. The number of aromatic nitrogens is 4. The Labute approximate surface area is 211 Å². The number of carbonyl (C=O) groups is 2. The van der Waals surface area contributed by atoms with E-state index in [9.17, 15) is 19.3 Å². The molecule has 2 rings (SSSR count). The van der Waals surface area contributed by atoms with Gasteiger partial charge in [-0.15, -0.1) is 0 Å². The van der Waals surface area contributed by atoms with Crippen molar-refractivity contribution in [3.05, 3.63) is 12.7 Å². The molecule has 0 saturated carbocycles. The number of carbonyl (C=O) groups excluding carboxylic acids is 1. The van der Waals surface area contributed by atoms with Gasteiger partial charge in [0.25, 0.3) is 0 Å². The van der Waals surface area contributed by atoms with Crippen LogP contribution in [0.4, 0.5) is 5.82 Å². The average molecular weight is 528 g/mol. The lowest BCUT2D eigenvalue weighted by Crippen LogP contribution is -2.49. The summed E-state index contributed by atoms with van der Waals surface area (Å²) < 4.78 is 26.6. The zero-order valence-electron chi connectivity index (χ0n) is 21.6. The molecule has 2 heterocycles. The molecule has 0 amide bonds. The number of fused-ring (bicyclic) bond motifs is 1. The van der Waals surface area contributed by atoms with Crippen LogP contribution >= 0.6 is 7.44 Å². The van der Waals surface area contributed by atoms with Gasteiger partial charge in [0.05, 0.1) is 25.6 Å². The van der Waals surface area contributed by atoms with Crippen molar-refractivity contribution in [2.75, 3.05) is 18.7 Å². The summed E-state index contributed by atoms with van der Waals surface area (Å²) in [5, 5.41) is 14.9. The van der Waals surface area contributed by atoms with Crippen LogP contribution in [0.1, 0.15) is 60.3 Å². The summed E-state index contributed by atoms with van der Waals surface area (Å²) in [6, 6.07) is -0.949. The summed E-state index contributed by atoms with van der Waals surface area (Å²) >= 11 is 0. The Morgan fingerprint density at radius 2 is 1.94 bits per heavy atom. The van der Waals surface area contributed by atoms with Crippen molar-refractivity contribution in [3.63, 3.8) is 0 Å². The number of nitrogens with zero attached hydrogens (tertiary/aromatic N) is 4. The molecule has 2 aromatic rings. The number of ether oxygens (including phenoxy) is 2. The van der Waals surface area contributed by atoms with E-state index >= 15 is 0 Å². The molecule has 0 spiro atoms. The molecule has 36 heavy (non-hydrogen) atoms.